The highest BCUT2D eigenvalue weighted by atomic mass is 19.1. The fourth-order valence-electron chi connectivity index (χ4n) is 2.17. The highest BCUT2D eigenvalue weighted by molar-refractivity contribution is 5.49. The van der Waals surface area contributed by atoms with E-state index in [1.807, 2.05) is 0 Å². The predicted molar refractivity (Wildman–Crippen MR) is 61.0 cm³/mol. The van der Waals surface area contributed by atoms with Gasteiger partial charge in [0.25, 0.3) is 0 Å². The lowest BCUT2D eigenvalue weighted by Crippen LogP contribution is -2.05. The third kappa shape index (κ3) is 1.77. The number of hydrogen-bond donors (Lipinski definition) is 0. The fourth-order valence-corrected chi connectivity index (χ4v) is 2.17. The third-order valence-electron chi connectivity index (χ3n) is 3.32. The Morgan fingerprint density at radius 3 is 2.78 bits per heavy atom. The highest BCUT2D eigenvalue weighted by Gasteiger charge is 2.45. The molecule has 1 aliphatic heterocycles. The quantitative estimate of drug-likeness (QED) is 0.597. The molecule has 2 aliphatic rings. The molecule has 4 nitrogen and oxygen atoms in total. The van der Waals surface area contributed by atoms with Gasteiger partial charge in [-0.25, -0.2) is 9.18 Å². The van der Waals surface area contributed by atoms with Gasteiger partial charge in [0.15, 0.2) is 17.3 Å². The van der Waals surface area contributed by atoms with Gasteiger partial charge in [0, 0.05) is 6.42 Å². The first-order chi connectivity index (χ1) is 8.75. The predicted octanol–water partition coefficient (Wildman–Crippen LogP) is 2.31. The minimum Gasteiger partial charge on any atom is -0.489 e. The number of hydrogen-bond acceptors (Lipinski definition) is 4. The Morgan fingerprint density at radius 1 is 1.28 bits per heavy atom. The maximum Gasteiger partial charge on any atom is 0.235 e. The SMILES string of the molecule is O=C=NC1(c2cc(F)c3c(c2)OCCCO3)CC1. The summed E-state index contributed by atoms with van der Waals surface area (Å²) in [5.41, 5.74) is 0.0698. The number of rotatable bonds is 2. The van der Waals surface area contributed by atoms with Crippen molar-refractivity contribution in [1.29, 1.82) is 0 Å². The molecule has 1 heterocycles. The van der Waals surface area contributed by atoms with Gasteiger partial charge in [-0.2, -0.15) is 4.99 Å². The van der Waals surface area contributed by atoms with E-state index >= 15 is 0 Å². The Bertz CT molecular complexity index is 533. The molecule has 18 heavy (non-hydrogen) atoms. The van der Waals surface area contributed by atoms with E-state index in [1.54, 1.807) is 12.1 Å². The minimum absolute atomic E-state index is 0.155. The number of isocyanates is 1. The topological polar surface area (TPSA) is 47.9 Å². The largest absolute Gasteiger partial charge is 0.489 e. The van der Waals surface area contributed by atoms with Crippen molar-refractivity contribution in [2.24, 2.45) is 4.99 Å². The number of ether oxygens (including phenoxy) is 2. The van der Waals surface area contributed by atoms with E-state index in [-0.39, 0.29) is 5.75 Å². The molecule has 94 valence electrons. The van der Waals surface area contributed by atoms with Crippen molar-refractivity contribution in [2.75, 3.05) is 13.2 Å². The van der Waals surface area contributed by atoms with E-state index in [0.717, 1.165) is 19.3 Å². The van der Waals surface area contributed by atoms with E-state index in [1.165, 1.54) is 6.07 Å². The van der Waals surface area contributed by atoms with Gasteiger partial charge in [-0.15, -0.1) is 0 Å². The molecule has 0 saturated heterocycles. The molecule has 0 radical (unpaired) electrons. The zero-order valence-corrected chi connectivity index (χ0v) is 9.74. The van der Waals surface area contributed by atoms with Gasteiger partial charge < -0.3 is 9.47 Å². The summed E-state index contributed by atoms with van der Waals surface area (Å²) >= 11 is 0. The Kier molecular flexibility index (Phi) is 2.56. The van der Waals surface area contributed by atoms with Gasteiger partial charge in [0.2, 0.25) is 6.08 Å². The standard InChI is InChI=1S/C13H12FNO3/c14-10-6-9(13(2-3-13)15-8-16)7-11-12(10)18-5-1-4-17-11/h6-7H,1-5H2. The van der Waals surface area contributed by atoms with Gasteiger partial charge in [0.1, 0.15) is 0 Å². The van der Waals surface area contributed by atoms with E-state index in [0.29, 0.717) is 24.5 Å². The summed E-state index contributed by atoms with van der Waals surface area (Å²) in [4.78, 5) is 14.2. The first-order valence-corrected chi connectivity index (χ1v) is 5.94. The number of benzene rings is 1. The average molecular weight is 249 g/mol. The second-order valence-electron chi connectivity index (χ2n) is 4.57. The van der Waals surface area contributed by atoms with Crippen LogP contribution in [0.1, 0.15) is 24.8 Å². The molecule has 1 saturated carbocycles. The van der Waals surface area contributed by atoms with Crippen molar-refractivity contribution in [1.82, 2.24) is 0 Å². The summed E-state index contributed by atoms with van der Waals surface area (Å²) in [6.07, 6.45) is 3.76. The lowest BCUT2D eigenvalue weighted by molar-refractivity contribution is 0.292. The molecule has 1 aromatic rings. The van der Waals surface area contributed by atoms with Crippen LogP contribution in [0.2, 0.25) is 0 Å². The maximum atomic E-state index is 14.0. The number of nitrogens with zero attached hydrogens (tertiary/aromatic N) is 1. The van der Waals surface area contributed by atoms with E-state index < -0.39 is 11.4 Å². The van der Waals surface area contributed by atoms with Crippen LogP contribution in [0.4, 0.5) is 4.39 Å². The van der Waals surface area contributed by atoms with Gasteiger partial charge in [0.05, 0.1) is 18.8 Å². The Balaban J connectivity index is 2.06. The van der Waals surface area contributed by atoms with Crippen LogP contribution in [0.5, 0.6) is 11.5 Å². The maximum absolute atomic E-state index is 14.0. The summed E-state index contributed by atoms with van der Waals surface area (Å²) in [7, 11) is 0. The third-order valence-corrected chi connectivity index (χ3v) is 3.32. The summed E-state index contributed by atoms with van der Waals surface area (Å²) in [5, 5.41) is 0. The minimum atomic E-state index is -0.590. The highest BCUT2D eigenvalue weighted by Crippen LogP contribution is 2.51. The zero-order valence-electron chi connectivity index (χ0n) is 9.74. The number of aliphatic imine (C=N–C) groups is 1. The normalized spacial score (nSPS) is 19.6. The molecule has 1 fully saturated rings. The number of halogens is 1. The van der Waals surface area contributed by atoms with Gasteiger partial charge >= 0.3 is 0 Å². The van der Waals surface area contributed by atoms with Crippen molar-refractivity contribution in [3.05, 3.63) is 23.5 Å². The van der Waals surface area contributed by atoms with Crippen LogP contribution in [0.15, 0.2) is 17.1 Å². The molecule has 0 aromatic heterocycles. The van der Waals surface area contributed by atoms with Crippen molar-refractivity contribution < 1.29 is 18.7 Å². The van der Waals surface area contributed by atoms with E-state index in [4.69, 9.17) is 9.47 Å². The molecular weight excluding hydrogens is 237 g/mol. The summed E-state index contributed by atoms with van der Waals surface area (Å²) in [6.45, 7) is 0.945. The molecule has 1 aliphatic carbocycles. The number of carbonyl (C=O) groups excluding carboxylic acids is 1. The molecule has 1 aromatic carbocycles. The van der Waals surface area contributed by atoms with Crippen LogP contribution in [0, 0.1) is 5.82 Å². The lowest BCUT2D eigenvalue weighted by Gasteiger charge is -2.13. The summed E-state index contributed by atoms with van der Waals surface area (Å²) in [6, 6.07) is 3.10. The van der Waals surface area contributed by atoms with Crippen LogP contribution in [0.25, 0.3) is 0 Å². The molecule has 0 amide bonds. The van der Waals surface area contributed by atoms with Crippen LogP contribution >= 0.6 is 0 Å². The Morgan fingerprint density at radius 2 is 2.06 bits per heavy atom. The zero-order chi connectivity index (χ0) is 12.6. The van der Waals surface area contributed by atoms with Crippen molar-refractivity contribution in [3.8, 4) is 11.5 Å². The van der Waals surface area contributed by atoms with Crippen molar-refractivity contribution >= 4 is 6.08 Å². The van der Waals surface area contributed by atoms with Gasteiger partial charge in [-0.1, -0.05) is 0 Å². The van der Waals surface area contributed by atoms with Crippen LogP contribution in [0.3, 0.4) is 0 Å². The van der Waals surface area contributed by atoms with Gasteiger partial charge in [-0.05, 0) is 30.5 Å². The monoisotopic (exact) mass is 249 g/mol. The lowest BCUT2D eigenvalue weighted by atomic mass is 10.0. The van der Waals surface area contributed by atoms with Crippen LogP contribution in [-0.2, 0) is 10.3 Å². The molecule has 0 spiro atoms. The first kappa shape index (κ1) is 11.2. The van der Waals surface area contributed by atoms with Gasteiger partial charge in [-0.3, -0.25) is 0 Å². The molecular formula is C13H12FNO3. The molecule has 0 bridgehead atoms. The Labute approximate surface area is 103 Å². The molecule has 0 N–H and O–H groups in total. The molecule has 3 rings (SSSR count). The van der Waals surface area contributed by atoms with E-state index in [9.17, 15) is 9.18 Å². The van der Waals surface area contributed by atoms with Crippen LogP contribution in [-0.4, -0.2) is 19.3 Å². The second kappa shape index (κ2) is 4.10. The van der Waals surface area contributed by atoms with Crippen LogP contribution < -0.4 is 9.47 Å². The summed E-state index contributed by atoms with van der Waals surface area (Å²) in [5.74, 6) is 0.0915. The van der Waals surface area contributed by atoms with E-state index in [2.05, 4.69) is 4.99 Å². The molecule has 0 atom stereocenters. The smallest absolute Gasteiger partial charge is 0.235 e. The van der Waals surface area contributed by atoms with Crippen molar-refractivity contribution in [3.63, 3.8) is 0 Å². The Hall–Kier alpha value is -1.87. The summed E-state index contributed by atoms with van der Waals surface area (Å²) < 4.78 is 24.8. The second-order valence-corrected chi connectivity index (χ2v) is 4.57. The van der Waals surface area contributed by atoms with Crippen molar-refractivity contribution in [2.45, 2.75) is 24.8 Å². The fraction of sp³-hybridized carbons (Fsp3) is 0.462. The molecule has 5 heteroatoms. The number of fused-ring (bicyclic) bond motifs is 1. The first-order valence-electron chi connectivity index (χ1n) is 5.94. The molecule has 0 unspecified atom stereocenters. The average Bonchev–Trinajstić information content (AvgIpc) is 3.13.